The highest BCUT2D eigenvalue weighted by Crippen LogP contribution is 2.21. The van der Waals surface area contributed by atoms with E-state index in [1.807, 2.05) is 12.1 Å². The zero-order valence-corrected chi connectivity index (χ0v) is 19.1. The highest BCUT2D eigenvalue weighted by atomic mass is 32.2. The van der Waals surface area contributed by atoms with E-state index in [9.17, 15) is 13.2 Å². The van der Waals surface area contributed by atoms with Crippen molar-refractivity contribution in [1.29, 1.82) is 0 Å². The van der Waals surface area contributed by atoms with Crippen molar-refractivity contribution in [2.75, 3.05) is 39.4 Å². The molecule has 8 heteroatoms. The minimum Gasteiger partial charge on any atom is -0.379 e. The Kier molecular flexibility index (Phi) is 7.57. The van der Waals surface area contributed by atoms with E-state index in [0.29, 0.717) is 25.2 Å². The lowest BCUT2D eigenvalue weighted by molar-refractivity contribution is 0.0342. The zero-order chi connectivity index (χ0) is 22.4. The first-order chi connectivity index (χ1) is 15.5. The molecule has 0 aliphatic carbocycles. The second-order valence-corrected chi connectivity index (χ2v) is 10.3. The topological polar surface area (TPSA) is 79.0 Å². The van der Waals surface area contributed by atoms with Crippen LogP contribution in [0.4, 0.5) is 0 Å². The number of morpholine rings is 1. The van der Waals surface area contributed by atoms with E-state index in [0.717, 1.165) is 57.7 Å². The SMILES string of the molecule is O=C(NCc1ccc(CN2CCOCC2)cc1)c1cccc(S(=O)(=O)N2CCCCC2)c1. The molecule has 2 aliphatic rings. The molecule has 7 nitrogen and oxygen atoms in total. The Hall–Kier alpha value is -2.26. The standard InChI is InChI=1S/C24H31N3O4S/c28-24(22-5-4-6-23(17-22)32(29,30)27-11-2-1-3-12-27)25-18-20-7-9-21(10-8-20)19-26-13-15-31-16-14-26/h4-10,17H,1-3,11-16,18-19H2,(H,25,28). The van der Waals surface area contributed by atoms with Gasteiger partial charge in [0.2, 0.25) is 10.0 Å². The number of piperidine rings is 1. The largest absolute Gasteiger partial charge is 0.379 e. The van der Waals surface area contributed by atoms with E-state index >= 15 is 0 Å². The van der Waals surface area contributed by atoms with Gasteiger partial charge in [0.1, 0.15) is 0 Å². The molecule has 32 heavy (non-hydrogen) atoms. The summed E-state index contributed by atoms with van der Waals surface area (Å²) in [5.74, 6) is -0.280. The number of hydrogen-bond donors (Lipinski definition) is 1. The first-order valence-corrected chi connectivity index (χ1v) is 12.7. The highest BCUT2D eigenvalue weighted by molar-refractivity contribution is 7.89. The van der Waals surface area contributed by atoms with Crippen molar-refractivity contribution < 1.29 is 17.9 Å². The zero-order valence-electron chi connectivity index (χ0n) is 18.3. The molecule has 2 fully saturated rings. The van der Waals surface area contributed by atoms with Gasteiger partial charge in [-0.05, 0) is 42.2 Å². The van der Waals surface area contributed by atoms with Crippen LogP contribution in [0.25, 0.3) is 0 Å². The summed E-state index contributed by atoms with van der Waals surface area (Å²) in [6, 6.07) is 14.5. The van der Waals surface area contributed by atoms with E-state index < -0.39 is 10.0 Å². The first kappa shape index (κ1) is 22.9. The molecular weight excluding hydrogens is 426 g/mol. The Labute approximate surface area is 190 Å². The second-order valence-electron chi connectivity index (χ2n) is 8.38. The molecule has 0 spiro atoms. The number of carbonyl (C=O) groups is 1. The van der Waals surface area contributed by atoms with Gasteiger partial charge in [-0.3, -0.25) is 9.69 Å². The van der Waals surface area contributed by atoms with Gasteiger partial charge in [0.05, 0.1) is 18.1 Å². The summed E-state index contributed by atoms with van der Waals surface area (Å²) < 4.78 is 32.7. The lowest BCUT2D eigenvalue weighted by Gasteiger charge is -2.26. The van der Waals surface area contributed by atoms with Gasteiger partial charge in [0.25, 0.3) is 5.91 Å². The summed E-state index contributed by atoms with van der Waals surface area (Å²) in [6.45, 7) is 5.83. The number of hydrogen-bond acceptors (Lipinski definition) is 5. The van der Waals surface area contributed by atoms with Gasteiger partial charge in [0.15, 0.2) is 0 Å². The predicted molar refractivity (Wildman–Crippen MR) is 123 cm³/mol. The fourth-order valence-electron chi connectivity index (χ4n) is 4.12. The van der Waals surface area contributed by atoms with Crippen molar-refractivity contribution >= 4 is 15.9 Å². The van der Waals surface area contributed by atoms with Crippen molar-refractivity contribution in [3.8, 4) is 0 Å². The molecule has 0 unspecified atom stereocenters. The van der Waals surface area contributed by atoms with Gasteiger partial charge in [-0.25, -0.2) is 8.42 Å². The summed E-state index contributed by atoms with van der Waals surface area (Å²) in [7, 11) is -3.56. The van der Waals surface area contributed by atoms with Crippen LogP contribution in [0.2, 0.25) is 0 Å². The summed E-state index contributed by atoms with van der Waals surface area (Å²) in [5.41, 5.74) is 2.59. The molecule has 0 radical (unpaired) electrons. The Balaban J connectivity index is 1.34. The monoisotopic (exact) mass is 457 g/mol. The number of ether oxygens (including phenoxy) is 1. The molecule has 0 aromatic heterocycles. The van der Waals surface area contributed by atoms with Crippen molar-refractivity contribution in [3.05, 3.63) is 65.2 Å². The quantitative estimate of drug-likeness (QED) is 0.692. The van der Waals surface area contributed by atoms with Crippen LogP contribution in [-0.2, 0) is 27.8 Å². The Morgan fingerprint density at radius 2 is 1.59 bits per heavy atom. The average molecular weight is 458 g/mol. The third-order valence-corrected chi connectivity index (χ3v) is 7.93. The van der Waals surface area contributed by atoms with E-state index in [2.05, 4.69) is 22.3 Å². The molecule has 2 saturated heterocycles. The fraction of sp³-hybridized carbons (Fsp3) is 0.458. The van der Waals surface area contributed by atoms with E-state index in [1.165, 1.54) is 15.9 Å². The van der Waals surface area contributed by atoms with E-state index in [1.54, 1.807) is 18.2 Å². The molecule has 2 aromatic rings. The van der Waals surface area contributed by atoms with E-state index in [4.69, 9.17) is 4.74 Å². The number of benzene rings is 2. The maximum Gasteiger partial charge on any atom is 0.251 e. The normalized spacial score (nSPS) is 18.4. The third-order valence-electron chi connectivity index (χ3n) is 6.03. The Morgan fingerprint density at radius 1 is 0.906 bits per heavy atom. The highest BCUT2D eigenvalue weighted by Gasteiger charge is 2.26. The van der Waals surface area contributed by atoms with Crippen LogP contribution >= 0.6 is 0 Å². The van der Waals surface area contributed by atoms with Crippen molar-refractivity contribution in [2.24, 2.45) is 0 Å². The second kappa shape index (κ2) is 10.6. The lowest BCUT2D eigenvalue weighted by Crippen LogP contribution is -2.35. The predicted octanol–water partition coefficient (Wildman–Crippen LogP) is 2.62. The van der Waals surface area contributed by atoms with Gasteiger partial charge in [-0.1, -0.05) is 36.8 Å². The smallest absolute Gasteiger partial charge is 0.251 e. The van der Waals surface area contributed by atoms with Gasteiger partial charge < -0.3 is 10.1 Å². The number of sulfonamides is 1. The van der Waals surface area contributed by atoms with Crippen LogP contribution in [0.1, 0.15) is 40.7 Å². The van der Waals surface area contributed by atoms with Gasteiger partial charge in [-0.15, -0.1) is 0 Å². The molecule has 2 heterocycles. The molecule has 4 rings (SSSR count). The average Bonchev–Trinajstić information content (AvgIpc) is 2.85. The minimum absolute atomic E-state index is 0.180. The van der Waals surface area contributed by atoms with Crippen LogP contribution < -0.4 is 5.32 Å². The van der Waals surface area contributed by atoms with Crippen LogP contribution in [0.5, 0.6) is 0 Å². The summed E-state index contributed by atoms with van der Waals surface area (Å²) in [5, 5.41) is 2.90. The van der Waals surface area contributed by atoms with Gasteiger partial charge >= 0.3 is 0 Å². The Bertz CT molecular complexity index is 1010. The first-order valence-electron chi connectivity index (χ1n) is 11.3. The fourth-order valence-corrected chi connectivity index (χ4v) is 5.68. The Morgan fingerprint density at radius 3 is 2.31 bits per heavy atom. The summed E-state index contributed by atoms with van der Waals surface area (Å²) in [6.07, 6.45) is 2.82. The lowest BCUT2D eigenvalue weighted by atomic mass is 10.1. The summed E-state index contributed by atoms with van der Waals surface area (Å²) in [4.78, 5) is 15.2. The molecule has 0 atom stereocenters. The third kappa shape index (κ3) is 5.75. The molecule has 172 valence electrons. The molecule has 1 N–H and O–H groups in total. The van der Waals surface area contributed by atoms with Crippen LogP contribution in [0, 0.1) is 0 Å². The molecule has 2 aliphatic heterocycles. The van der Waals surface area contributed by atoms with Crippen LogP contribution in [0.3, 0.4) is 0 Å². The maximum absolute atomic E-state index is 12.9. The van der Waals surface area contributed by atoms with Crippen LogP contribution in [0.15, 0.2) is 53.4 Å². The van der Waals surface area contributed by atoms with Crippen molar-refractivity contribution in [1.82, 2.24) is 14.5 Å². The molecule has 2 aromatic carbocycles. The van der Waals surface area contributed by atoms with Crippen LogP contribution in [-0.4, -0.2) is 62.9 Å². The van der Waals surface area contributed by atoms with E-state index in [-0.39, 0.29) is 10.8 Å². The number of carbonyl (C=O) groups excluding carboxylic acids is 1. The maximum atomic E-state index is 12.9. The van der Waals surface area contributed by atoms with Gasteiger partial charge in [-0.2, -0.15) is 4.31 Å². The molecule has 0 bridgehead atoms. The molecule has 1 amide bonds. The molecule has 0 saturated carbocycles. The summed E-state index contributed by atoms with van der Waals surface area (Å²) >= 11 is 0. The number of nitrogens with zero attached hydrogens (tertiary/aromatic N) is 2. The number of amides is 1. The molecular formula is C24H31N3O4S. The number of rotatable bonds is 7. The van der Waals surface area contributed by atoms with Crippen molar-refractivity contribution in [2.45, 2.75) is 37.2 Å². The minimum atomic E-state index is -3.56. The number of nitrogens with one attached hydrogen (secondary N) is 1. The van der Waals surface area contributed by atoms with Gasteiger partial charge in [0, 0.05) is 44.8 Å². The van der Waals surface area contributed by atoms with Crippen molar-refractivity contribution in [3.63, 3.8) is 0 Å².